The number of aliphatic hydroxyl groups excluding tert-OH is 1. The van der Waals surface area contributed by atoms with Crippen LogP contribution in [0.15, 0.2) is 5.51 Å². The van der Waals surface area contributed by atoms with Crippen molar-refractivity contribution >= 4 is 11.3 Å². The van der Waals surface area contributed by atoms with Gasteiger partial charge in [-0.15, -0.1) is 11.3 Å². The van der Waals surface area contributed by atoms with E-state index in [0.717, 1.165) is 31.7 Å². The van der Waals surface area contributed by atoms with Crippen LogP contribution in [-0.4, -0.2) is 40.7 Å². The molecule has 0 unspecified atom stereocenters. The van der Waals surface area contributed by atoms with Gasteiger partial charge in [0, 0.05) is 24.5 Å². The summed E-state index contributed by atoms with van der Waals surface area (Å²) >= 11 is 1.73. The highest BCUT2D eigenvalue weighted by atomic mass is 32.1. The number of rotatable bonds is 3. The predicted molar refractivity (Wildman–Crippen MR) is 53.0 cm³/mol. The summed E-state index contributed by atoms with van der Waals surface area (Å²) in [5.74, 6) is 0. The third kappa shape index (κ3) is 2.07. The van der Waals surface area contributed by atoms with Gasteiger partial charge in [0.2, 0.25) is 0 Å². The van der Waals surface area contributed by atoms with Crippen LogP contribution in [0.1, 0.15) is 10.6 Å². The second kappa shape index (κ2) is 3.74. The molecule has 1 saturated heterocycles. The minimum atomic E-state index is -0.0810. The van der Waals surface area contributed by atoms with Gasteiger partial charge < -0.3 is 5.11 Å². The van der Waals surface area contributed by atoms with E-state index in [-0.39, 0.29) is 6.10 Å². The first kappa shape index (κ1) is 9.12. The first-order valence-electron chi connectivity index (χ1n) is 4.55. The molecule has 1 aromatic rings. The molecule has 1 fully saturated rings. The molecule has 2 rings (SSSR count). The number of likely N-dealkylation sites (tertiary alicyclic amines) is 1. The van der Waals surface area contributed by atoms with E-state index in [1.54, 1.807) is 11.3 Å². The second-order valence-corrected chi connectivity index (χ2v) is 4.46. The maximum absolute atomic E-state index is 9.08. The van der Waals surface area contributed by atoms with Crippen LogP contribution in [-0.2, 0) is 6.42 Å². The average molecular weight is 198 g/mol. The van der Waals surface area contributed by atoms with E-state index in [2.05, 4.69) is 16.8 Å². The minimum Gasteiger partial charge on any atom is -0.390 e. The molecule has 4 heteroatoms. The van der Waals surface area contributed by atoms with Crippen molar-refractivity contribution in [3.05, 3.63) is 16.1 Å². The van der Waals surface area contributed by atoms with E-state index in [9.17, 15) is 0 Å². The Hall–Kier alpha value is -0.450. The summed E-state index contributed by atoms with van der Waals surface area (Å²) in [6, 6.07) is 0. The smallest absolute Gasteiger partial charge is 0.0797 e. The number of aromatic nitrogens is 1. The van der Waals surface area contributed by atoms with Crippen LogP contribution in [0.3, 0.4) is 0 Å². The molecular weight excluding hydrogens is 184 g/mol. The quantitative estimate of drug-likeness (QED) is 0.775. The van der Waals surface area contributed by atoms with Gasteiger partial charge in [0.05, 0.1) is 17.3 Å². The van der Waals surface area contributed by atoms with Crippen LogP contribution in [0, 0.1) is 6.92 Å². The standard InChI is InChI=1S/C9H14N2OS/c1-7-9(13-6-10-7)2-3-11-4-8(12)5-11/h6,8,12H,2-5H2,1H3. The van der Waals surface area contributed by atoms with E-state index in [0.29, 0.717) is 0 Å². The molecule has 13 heavy (non-hydrogen) atoms. The van der Waals surface area contributed by atoms with Crippen LogP contribution in [0.2, 0.25) is 0 Å². The number of thiazole rings is 1. The van der Waals surface area contributed by atoms with Crippen molar-refractivity contribution in [1.29, 1.82) is 0 Å². The number of hydrogen-bond acceptors (Lipinski definition) is 4. The zero-order chi connectivity index (χ0) is 9.26. The fourth-order valence-electron chi connectivity index (χ4n) is 1.55. The highest BCUT2D eigenvalue weighted by Gasteiger charge is 2.23. The summed E-state index contributed by atoms with van der Waals surface area (Å²) in [6.45, 7) is 4.80. The summed E-state index contributed by atoms with van der Waals surface area (Å²) in [5.41, 5.74) is 3.06. The van der Waals surface area contributed by atoms with Gasteiger partial charge in [0.15, 0.2) is 0 Å². The van der Waals surface area contributed by atoms with Crippen molar-refractivity contribution in [3.8, 4) is 0 Å². The van der Waals surface area contributed by atoms with Crippen molar-refractivity contribution in [2.75, 3.05) is 19.6 Å². The van der Waals surface area contributed by atoms with E-state index in [4.69, 9.17) is 5.11 Å². The molecule has 2 heterocycles. The summed E-state index contributed by atoms with van der Waals surface area (Å²) < 4.78 is 0. The highest BCUT2D eigenvalue weighted by molar-refractivity contribution is 7.09. The lowest BCUT2D eigenvalue weighted by molar-refractivity contribution is 0.00320. The van der Waals surface area contributed by atoms with Gasteiger partial charge in [0.1, 0.15) is 0 Å². The molecule has 1 N–H and O–H groups in total. The normalized spacial score (nSPS) is 18.9. The lowest BCUT2D eigenvalue weighted by Gasteiger charge is -2.35. The summed E-state index contributed by atoms with van der Waals surface area (Å²) in [4.78, 5) is 7.85. The highest BCUT2D eigenvalue weighted by Crippen LogP contribution is 2.15. The summed E-state index contributed by atoms with van der Waals surface area (Å²) in [5, 5.41) is 9.08. The van der Waals surface area contributed by atoms with E-state index in [1.807, 2.05) is 5.51 Å². The fourth-order valence-corrected chi connectivity index (χ4v) is 2.32. The molecule has 72 valence electrons. The van der Waals surface area contributed by atoms with E-state index in [1.165, 1.54) is 4.88 Å². The Morgan fingerprint density at radius 1 is 1.69 bits per heavy atom. The number of β-amino-alcohol motifs (C(OH)–C–C–N with tert-alkyl or cyclic N) is 1. The Bertz CT molecular complexity index is 281. The third-order valence-electron chi connectivity index (χ3n) is 2.44. The predicted octanol–water partition coefficient (Wildman–Crippen LogP) is 0.671. The maximum atomic E-state index is 9.08. The molecule has 0 atom stereocenters. The van der Waals surface area contributed by atoms with Crippen LogP contribution < -0.4 is 0 Å². The molecule has 1 aliphatic rings. The summed E-state index contributed by atoms with van der Waals surface area (Å²) in [6.07, 6.45) is 0.992. The molecule has 1 aromatic heterocycles. The lowest BCUT2D eigenvalue weighted by Crippen LogP contribution is -2.51. The molecule has 0 aliphatic carbocycles. The number of hydrogen-bond donors (Lipinski definition) is 1. The first-order chi connectivity index (χ1) is 6.25. The summed E-state index contributed by atoms with van der Waals surface area (Å²) in [7, 11) is 0. The third-order valence-corrected chi connectivity index (χ3v) is 3.43. The van der Waals surface area contributed by atoms with Crippen LogP contribution >= 0.6 is 11.3 Å². The Morgan fingerprint density at radius 3 is 3.00 bits per heavy atom. The molecule has 0 amide bonds. The molecule has 0 saturated carbocycles. The first-order valence-corrected chi connectivity index (χ1v) is 5.43. The Labute approximate surface area is 82.0 Å². The van der Waals surface area contributed by atoms with Gasteiger partial charge >= 0.3 is 0 Å². The van der Waals surface area contributed by atoms with Gasteiger partial charge in [-0.25, -0.2) is 4.98 Å². The van der Waals surface area contributed by atoms with Gasteiger partial charge in [0.25, 0.3) is 0 Å². The van der Waals surface area contributed by atoms with Gasteiger partial charge in [-0.05, 0) is 13.3 Å². The van der Waals surface area contributed by atoms with Crippen molar-refractivity contribution in [1.82, 2.24) is 9.88 Å². The van der Waals surface area contributed by atoms with Gasteiger partial charge in [-0.2, -0.15) is 0 Å². The molecule has 0 radical (unpaired) electrons. The largest absolute Gasteiger partial charge is 0.390 e. The molecule has 0 spiro atoms. The Morgan fingerprint density at radius 2 is 2.46 bits per heavy atom. The lowest BCUT2D eigenvalue weighted by atomic mass is 10.1. The van der Waals surface area contributed by atoms with Crippen molar-refractivity contribution in [3.63, 3.8) is 0 Å². The van der Waals surface area contributed by atoms with Crippen LogP contribution in [0.5, 0.6) is 0 Å². The minimum absolute atomic E-state index is 0.0810. The van der Waals surface area contributed by atoms with Crippen molar-refractivity contribution in [2.45, 2.75) is 19.4 Å². The molecule has 3 nitrogen and oxygen atoms in total. The van der Waals surface area contributed by atoms with Crippen LogP contribution in [0.25, 0.3) is 0 Å². The van der Waals surface area contributed by atoms with E-state index < -0.39 is 0 Å². The van der Waals surface area contributed by atoms with Crippen molar-refractivity contribution < 1.29 is 5.11 Å². The molecule has 1 aliphatic heterocycles. The molecule has 0 bridgehead atoms. The SMILES string of the molecule is Cc1ncsc1CCN1CC(O)C1. The zero-order valence-corrected chi connectivity index (χ0v) is 8.55. The average Bonchev–Trinajstić information content (AvgIpc) is 2.43. The van der Waals surface area contributed by atoms with Crippen molar-refractivity contribution in [2.24, 2.45) is 0 Å². The monoisotopic (exact) mass is 198 g/mol. The zero-order valence-electron chi connectivity index (χ0n) is 7.73. The molecular formula is C9H14N2OS. The molecule has 0 aromatic carbocycles. The fraction of sp³-hybridized carbons (Fsp3) is 0.667. The van der Waals surface area contributed by atoms with Gasteiger partial charge in [-0.1, -0.05) is 0 Å². The topological polar surface area (TPSA) is 36.4 Å². The van der Waals surface area contributed by atoms with Crippen LogP contribution in [0.4, 0.5) is 0 Å². The number of nitrogens with zero attached hydrogens (tertiary/aromatic N) is 2. The Balaban J connectivity index is 1.77. The number of aryl methyl sites for hydroxylation is 1. The van der Waals surface area contributed by atoms with E-state index >= 15 is 0 Å². The van der Waals surface area contributed by atoms with Gasteiger partial charge in [-0.3, -0.25) is 4.90 Å². The second-order valence-electron chi connectivity index (χ2n) is 3.52. The maximum Gasteiger partial charge on any atom is 0.0797 e. The Kier molecular flexibility index (Phi) is 2.62. The number of aliphatic hydroxyl groups is 1.